The third-order valence-electron chi connectivity index (χ3n) is 3.21. The molecule has 5 nitrogen and oxygen atoms in total. The van der Waals surface area contributed by atoms with E-state index < -0.39 is 0 Å². The van der Waals surface area contributed by atoms with Crippen molar-refractivity contribution in [3.05, 3.63) is 40.9 Å². The number of nitrogens with zero attached hydrogens (tertiary/aromatic N) is 4. The van der Waals surface area contributed by atoms with E-state index in [0.29, 0.717) is 0 Å². The van der Waals surface area contributed by atoms with Crippen molar-refractivity contribution in [3.8, 4) is 5.75 Å². The lowest BCUT2D eigenvalue weighted by Crippen LogP contribution is -2.23. The van der Waals surface area contributed by atoms with Crippen LogP contribution in [0.25, 0.3) is 0 Å². The smallest absolute Gasteiger partial charge is 0.129 e. The number of aryl methyl sites for hydroxylation is 1. The van der Waals surface area contributed by atoms with Gasteiger partial charge in [0.15, 0.2) is 0 Å². The van der Waals surface area contributed by atoms with Gasteiger partial charge in [-0.15, -0.1) is 10.2 Å². The van der Waals surface area contributed by atoms with Gasteiger partial charge in [0.1, 0.15) is 17.9 Å². The Balaban J connectivity index is 1.96. The summed E-state index contributed by atoms with van der Waals surface area (Å²) >= 11 is 6.04. The molecule has 6 heteroatoms. The summed E-state index contributed by atoms with van der Waals surface area (Å²) in [6, 6.07) is 5.68. The first-order chi connectivity index (χ1) is 9.60. The molecule has 1 aromatic carbocycles. The molecule has 2 aromatic rings. The third kappa shape index (κ3) is 3.71. The van der Waals surface area contributed by atoms with Gasteiger partial charge in [-0.1, -0.05) is 11.6 Å². The average Bonchev–Trinajstić information content (AvgIpc) is 2.82. The van der Waals surface area contributed by atoms with E-state index in [1.54, 1.807) is 13.4 Å². The molecule has 0 amide bonds. The molecule has 0 aliphatic rings. The molecule has 0 aliphatic carbocycles. The van der Waals surface area contributed by atoms with E-state index in [0.717, 1.165) is 41.8 Å². The van der Waals surface area contributed by atoms with Crippen molar-refractivity contribution < 1.29 is 4.74 Å². The predicted molar refractivity (Wildman–Crippen MR) is 79.1 cm³/mol. The Kier molecular flexibility index (Phi) is 4.98. The summed E-state index contributed by atoms with van der Waals surface area (Å²) in [5, 5.41) is 8.58. The molecule has 0 unspecified atom stereocenters. The van der Waals surface area contributed by atoms with Crippen molar-refractivity contribution >= 4 is 11.6 Å². The summed E-state index contributed by atoms with van der Waals surface area (Å²) in [6.45, 7) is 4.49. The first kappa shape index (κ1) is 14.8. The fraction of sp³-hybridized carbons (Fsp3) is 0.429. The van der Waals surface area contributed by atoms with Gasteiger partial charge in [-0.2, -0.15) is 0 Å². The molecular formula is C14H19ClN4O. The molecule has 0 aliphatic heterocycles. The summed E-state index contributed by atoms with van der Waals surface area (Å²) in [4.78, 5) is 2.22. The second-order valence-electron chi connectivity index (χ2n) is 4.77. The van der Waals surface area contributed by atoms with Crippen LogP contribution in [0.2, 0.25) is 5.02 Å². The van der Waals surface area contributed by atoms with Crippen LogP contribution in [0.4, 0.5) is 0 Å². The topological polar surface area (TPSA) is 43.2 Å². The Hall–Kier alpha value is -1.59. The molecule has 2 rings (SSSR count). The van der Waals surface area contributed by atoms with Crippen LogP contribution in [-0.2, 0) is 13.1 Å². The number of hydrogen-bond acceptors (Lipinski definition) is 4. The first-order valence-corrected chi connectivity index (χ1v) is 6.83. The fourth-order valence-corrected chi connectivity index (χ4v) is 2.25. The maximum atomic E-state index is 6.04. The van der Waals surface area contributed by atoms with Crippen molar-refractivity contribution in [2.75, 3.05) is 20.7 Å². The molecule has 0 atom stereocenters. The van der Waals surface area contributed by atoms with E-state index in [-0.39, 0.29) is 0 Å². The maximum absolute atomic E-state index is 6.04. The van der Waals surface area contributed by atoms with E-state index in [1.165, 1.54) is 0 Å². The minimum absolute atomic E-state index is 0.726. The monoisotopic (exact) mass is 294 g/mol. The quantitative estimate of drug-likeness (QED) is 0.820. The summed E-state index contributed by atoms with van der Waals surface area (Å²) in [5.74, 6) is 1.79. The van der Waals surface area contributed by atoms with E-state index in [2.05, 4.69) is 22.1 Å². The van der Waals surface area contributed by atoms with Gasteiger partial charge >= 0.3 is 0 Å². The van der Waals surface area contributed by atoms with Crippen LogP contribution in [0.1, 0.15) is 11.4 Å². The largest absolute Gasteiger partial charge is 0.496 e. The Morgan fingerprint density at radius 2 is 2.20 bits per heavy atom. The van der Waals surface area contributed by atoms with Gasteiger partial charge in [0.25, 0.3) is 0 Å². The second-order valence-corrected chi connectivity index (χ2v) is 5.20. The van der Waals surface area contributed by atoms with E-state index in [1.807, 2.05) is 29.7 Å². The highest BCUT2D eigenvalue weighted by molar-refractivity contribution is 6.30. The molecule has 108 valence electrons. The molecule has 1 aromatic heterocycles. The number of rotatable bonds is 6. The predicted octanol–water partition coefficient (Wildman–Crippen LogP) is 2.38. The van der Waals surface area contributed by atoms with Gasteiger partial charge in [-0.25, -0.2) is 0 Å². The van der Waals surface area contributed by atoms with E-state index in [4.69, 9.17) is 16.3 Å². The molecule has 0 fully saturated rings. The minimum Gasteiger partial charge on any atom is -0.496 e. The zero-order valence-corrected chi connectivity index (χ0v) is 12.8. The lowest BCUT2D eigenvalue weighted by atomic mass is 10.2. The van der Waals surface area contributed by atoms with Crippen LogP contribution >= 0.6 is 11.6 Å². The zero-order valence-electron chi connectivity index (χ0n) is 12.0. The summed E-state index contributed by atoms with van der Waals surface area (Å²) in [6.07, 6.45) is 1.75. The molecule has 0 bridgehead atoms. The number of likely N-dealkylation sites (N-methyl/N-ethyl adjacent to an activating group) is 1. The van der Waals surface area contributed by atoms with Gasteiger partial charge in [0.05, 0.1) is 7.11 Å². The second kappa shape index (κ2) is 6.72. The Labute approximate surface area is 124 Å². The zero-order chi connectivity index (χ0) is 14.5. The van der Waals surface area contributed by atoms with Crippen LogP contribution in [0.5, 0.6) is 5.75 Å². The molecule has 0 spiro atoms. The van der Waals surface area contributed by atoms with Crippen molar-refractivity contribution in [3.63, 3.8) is 0 Å². The van der Waals surface area contributed by atoms with E-state index >= 15 is 0 Å². The van der Waals surface area contributed by atoms with Crippen LogP contribution < -0.4 is 4.74 Å². The first-order valence-electron chi connectivity index (χ1n) is 6.45. The SMILES string of the molecule is COc1ccc(Cl)cc1CN(C)CCn1cnnc1C. The standard InChI is InChI=1S/C14H19ClN4O/c1-11-17-16-10-19(11)7-6-18(2)9-12-8-13(15)4-5-14(12)20-3/h4-5,8,10H,6-7,9H2,1-3H3. The highest BCUT2D eigenvalue weighted by Gasteiger charge is 2.08. The van der Waals surface area contributed by atoms with Gasteiger partial charge in [-0.3, -0.25) is 0 Å². The van der Waals surface area contributed by atoms with Crippen molar-refractivity contribution in [1.29, 1.82) is 0 Å². The average molecular weight is 295 g/mol. The number of ether oxygens (including phenoxy) is 1. The summed E-state index contributed by atoms with van der Waals surface area (Å²) in [7, 11) is 3.74. The molecule has 0 N–H and O–H groups in total. The maximum Gasteiger partial charge on any atom is 0.129 e. The summed E-state index contributed by atoms with van der Waals surface area (Å²) < 4.78 is 7.39. The van der Waals surface area contributed by atoms with Gasteiger partial charge in [0.2, 0.25) is 0 Å². The fourth-order valence-electron chi connectivity index (χ4n) is 2.05. The molecule has 0 radical (unpaired) electrons. The van der Waals surface area contributed by atoms with Gasteiger partial charge < -0.3 is 14.2 Å². The summed E-state index contributed by atoms with van der Waals surface area (Å²) in [5.41, 5.74) is 1.09. The minimum atomic E-state index is 0.726. The number of benzene rings is 1. The molecule has 0 saturated heterocycles. The lowest BCUT2D eigenvalue weighted by Gasteiger charge is -2.19. The van der Waals surface area contributed by atoms with Crippen LogP contribution in [-0.4, -0.2) is 40.4 Å². The Bertz CT molecular complexity index is 570. The normalized spacial score (nSPS) is 11.1. The van der Waals surface area contributed by atoms with Crippen molar-refractivity contribution in [1.82, 2.24) is 19.7 Å². The molecule has 1 heterocycles. The number of aromatic nitrogens is 3. The van der Waals surface area contributed by atoms with Crippen LogP contribution in [0.3, 0.4) is 0 Å². The third-order valence-corrected chi connectivity index (χ3v) is 3.45. The number of halogens is 1. The van der Waals surface area contributed by atoms with E-state index in [9.17, 15) is 0 Å². The lowest BCUT2D eigenvalue weighted by molar-refractivity contribution is 0.303. The van der Waals surface area contributed by atoms with Gasteiger partial charge in [0, 0.05) is 30.2 Å². The Morgan fingerprint density at radius 1 is 1.40 bits per heavy atom. The number of methoxy groups -OCH3 is 1. The van der Waals surface area contributed by atoms with Crippen molar-refractivity contribution in [2.45, 2.75) is 20.0 Å². The van der Waals surface area contributed by atoms with Gasteiger partial charge in [-0.05, 0) is 32.2 Å². The van der Waals surface area contributed by atoms with Crippen LogP contribution in [0, 0.1) is 6.92 Å². The molecular weight excluding hydrogens is 276 g/mol. The van der Waals surface area contributed by atoms with Crippen molar-refractivity contribution in [2.24, 2.45) is 0 Å². The van der Waals surface area contributed by atoms with Crippen LogP contribution in [0.15, 0.2) is 24.5 Å². The molecule has 0 saturated carbocycles. The highest BCUT2D eigenvalue weighted by Crippen LogP contribution is 2.23. The highest BCUT2D eigenvalue weighted by atomic mass is 35.5. The molecule has 20 heavy (non-hydrogen) atoms. The Morgan fingerprint density at radius 3 is 2.85 bits per heavy atom. The number of hydrogen-bond donors (Lipinski definition) is 0.